The molecule has 0 saturated carbocycles. The Bertz CT molecular complexity index is 1110. The largest absolute Gasteiger partial charge is 0.345 e. The molecule has 0 N–H and O–H groups in total. The standard InChI is InChI=1S/C22H18N4O/c1-26(2)22(27)18-12-20(25-19-11-7-6-10-17(18)19)16-13-23-21(24-14-16)15-8-4-3-5-9-15/h3-14H,1-2H3. The summed E-state index contributed by atoms with van der Waals surface area (Å²) in [7, 11) is 3.49. The quantitative estimate of drug-likeness (QED) is 0.557. The van der Waals surface area contributed by atoms with E-state index in [9.17, 15) is 4.79 Å². The van der Waals surface area contributed by atoms with Crippen LogP contribution in [0.15, 0.2) is 73.1 Å². The third-order valence-electron chi connectivity index (χ3n) is 4.33. The lowest BCUT2D eigenvalue weighted by molar-refractivity contribution is 0.0829. The van der Waals surface area contributed by atoms with Gasteiger partial charge in [-0.15, -0.1) is 0 Å². The van der Waals surface area contributed by atoms with Gasteiger partial charge in [-0.2, -0.15) is 0 Å². The Balaban J connectivity index is 1.81. The molecule has 132 valence electrons. The number of carbonyl (C=O) groups is 1. The Morgan fingerprint density at radius 3 is 2.22 bits per heavy atom. The first kappa shape index (κ1) is 16.8. The van der Waals surface area contributed by atoms with E-state index in [1.807, 2.05) is 60.7 Å². The van der Waals surface area contributed by atoms with E-state index in [4.69, 9.17) is 4.98 Å². The van der Waals surface area contributed by atoms with Crippen LogP contribution in [0.1, 0.15) is 10.4 Å². The fourth-order valence-electron chi connectivity index (χ4n) is 2.94. The minimum atomic E-state index is -0.0586. The molecule has 0 aliphatic carbocycles. The Kier molecular flexibility index (Phi) is 4.34. The van der Waals surface area contributed by atoms with Gasteiger partial charge in [0.2, 0.25) is 0 Å². The van der Waals surface area contributed by atoms with E-state index in [1.54, 1.807) is 31.4 Å². The zero-order valence-corrected chi connectivity index (χ0v) is 15.1. The molecule has 27 heavy (non-hydrogen) atoms. The summed E-state index contributed by atoms with van der Waals surface area (Å²) < 4.78 is 0. The second kappa shape index (κ2) is 6.96. The van der Waals surface area contributed by atoms with Gasteiger partial charge in [0.25, 0.3) is 5.91 Å². The molecule has 0 fully saturated rings. The summed E-state index contributed by atoms with van der Waals surface area (Å²) >= 11 is 0. The first-order valence-corrected chi connectivity index (χ1v) is 8.63. The average molecular weight is 354 g/mol. The van der Waals surface area contributed by atoms with Crippen LogP contribution in [0.4, 0.5) is 0 Å². The van der Waals surface area contributed by atoms with Crippen LogP contribution in [-0.4, -0.2) is 39.9 Å². The molecular weight excluding hydrogens is 336 g/mol. The van der Waals surface area contributed by atoms with Crippen LogP contribution in [0.2, 0.25) is 0 Å². The van der Waals surface area contributed by atoms with Gasteiger partial charge < -0.3 is 4.90 Å². The molecule has 0 atom stereocenters. The summed E-state index contributed by atoms with van der Waals surface area (Å²) in [4.78, 5) is 27.9. The summed E-state index contributed by atoms with van der Waals surface area (Å²) in [6.45, 7) is 0. The van der Waals surface area contributed by atoms with Crippen molar-refractivity contribution < 1.29 is 4.79 Å². The fourth-order valence-corrected chi connectivity index (χ4v) is 2.94. The van der Waals surface area contributed by atoms with Crippen LogP contribution in [0.5, 0.6) is 0 Å². The second-order valence-electron chi connectivity index (χ2n) is 6.43. The summed E-state index contributed by atoms with van der Waals surface area (Å²) in [5.74, 6) is 0.599. The Morgan fingerprint density at radius 1 is 0.852 bits per heavy atom. The summed E-state index contributed by atoms with van der Waals surface area (Å²) in [6, 6.07) is 19.3. The number of amides is 1. The minimum absolute atomic E-state index is 0.0586. The van der Waals surface area contributed by atoms with Crippen molar-refractivity contribution in [1.82, 2.24) is 19.9 Å². The molecule has 0 spiro atoms. The third kappa shape index (κ3) is 3.27. The minimum Gasteiger partial charge on any atom is -0.345 e. The molecule has 2 aromatic carbocycles. The number of nitrogens with zero attached hydrogens (tertiary/aromatic N) is 4. The monoisotopic (exact) mass is 354 g/mol. The highest BCUT2D eigenvalue weighted by atomic mass is 16.2. The predicted molar refractivity (Wildman–Crippen MR) is 106 cm³/mol. The topological polar surface area (TPSA) is 59.0 Å². The Hall–Kier alpha value is -3.60. The molecule has 2 aromatic heterocycles. The van der Waals surface area contributed by atoms with Gasteiger partial charge in [-0.25, -0.2) is 15.0 Å². The van der Waals surface area contributed by atoms with Crippen molar-refractivity contribution in [2.24, 2.45) is 0 Å². The molecule has 0 saturated heterocycles. The van der Waals surface area contributed by atoms with Gasteiger partial charge in [-0.05, 0) is 12.1 Å². The zero-order chi connectivity index (χ0) is 18.8. The number of fused-ring (bicyclic) bond motifs is 1. The Morgan fingerprint density at radius 2 is 1.52 bits per heavy atom. The van der Waals surface area contributed by atoms with Gasteiger partial charge in [-0.1, -0.05) is 48.5 Å². The normalized spacial score (nSPS) is 10.7. The highest BCUT2D eigenvalue weighted by Gasteiger charge is 2.15. The maximum Gasteiger partial charge on any atom is 0.254 e. The van der Waals surface area contributed by atoms with Gasteiger partial charge in [0.1, 0.15) is 0 Å². The summed E-state index contributed by atoms with van der Waals surface area (Å²) in [6.07, 6.45) is 3.49. The van der Waals surface area contributed by atoms with Crippen molar-refractivity contribution in [2.75, 3.05) is 14.1 Å². The molecule has 2 heterocycles. The number of carbonyl (C=O) groups excluding carboxylic acids is 1. The summed E-state index contributed by atoms with van der Waals surface area (Å²) in [5, 5.41) is 0.835. The van der Waals surface area contributed by atoms with E-state index in [-0.39, 0.29) is 5.91 Å². The first-order chi connectivity index (χ1) is 13.1. The van der Waals surface area contributed by atoms with Crippen molar-refractivity contribution in [2.45, 2.75) is 0 Å². The van der Waals surface area contributed by atoms with Crippen LogP contribution >= 0.6 is 0 Å². The SMILES string of the molecule is CN(C)C(=O)c1cc(-c2cnc(-c3ccccc3)nc2)nc2ccccc12. The number of hydrogen-bond donors (Lipinski definition) is 0. The maximum atomic E-state index is 12.6. The number of pyridine rings is 1. The molecule has 5 nitrogen and oxygen atoms in total. The molecule has 4 rings (SSSR count). The molecule has 5 heteroatoms. The molecule has 0 unspecified atom stereocenters. The number of benzene rings is 2. The van der Waals surface area contributed by atoms with Crippen LogP contribution in [0.25, 0.3) is 33.5 Å². The molecule has 0 bridgehead atoms. The highest BCUT2D eigenvalue weighted by Crippen LogP contribution is 2.25. The smallest absolute Gasteiger partial charge is 0.254 e. The fraction of sp³-hybridized carbons (Fsp3) is 0.0909. The van der Waals surface area contributed by atoms with Gasteiger partial charge in [0.15, 0.2) is 5.82 Å². The predicted octanol–water partition coefficient (Wildman–Crippen LogP) is 4.06. The van der Waals surface area contributed by atoms with Crippen molar-refractivity contribution >= 4 is 16.8 Å². The van der Waals surface area contributed by atoms with Crippen LogP contribution in [-0.2, 0) is 0 Å². The van der Waals surface area contributed by atoms with Gasteiger partial charge in [-0.3, -0.25) is 4.79 Å². The van der Waals surface area contributed by atoms with E-state index in [0.717, 1.165) is 22.0 Å². The number of para-hydroxylation sites is 1. The van der Waals surface area contributed by atoms with Crippen molar-refractivity contribution in [3.05, 3.63) is 78.6 Å². The van der Waals surface area contributed by atoms with Gasteiger partial charge in [0.05, 0.1) is 16.8 Å². The average Bonchev–Trinajstić information content (AvgIpc) is 2.73. The van der Waals surface area contributed by atoms with Crippen LogP contribution in [0.3, 0.4) is 0 Å². The van der Waals surface area contributed by atoms with E-state index in [0.29, 0.717) is 17.1 Å². The Labute approximate surface area is 157 Å². The number of hydrogen-bond acceptors (Lipinski definition) is 4. The molecule has 1 amide bonds. The van der Waals surface area contributed by atoms with E-state index in [1.165, 1.54) is 0 Å². The zero-order valence-electron chi connectivity index (χ0n) is 15.1. The van der Waals surface area contributed by atoms with Gasteiger partial charge in [0, 0.05) is 43.0 Å². The maximum absolute atomic E-state index is 12.6. The van der Waals surface area contributed by atoms with Crippen molar-refractivity contribution in [1.29, 1.82) is 0 Å². The molecule has 4 aromatic rings. The van der Waals surface area contributed by atoms with Crippen LogP contribution < -0.4 is 0 Å². The number of rotatable bonds is 3. The second-order valence-corrected chi connectivity index (χ2v) is 6.43. The lowest BCUT2D eigenvalue weighted by Crippen LogP contribution is -2.22. The molecule has 0 aliphatic rings. The van der Waals surface area contributed by atoms with Crippen molar-refractivity contribution in [3.8, 4) is 22.6 Å². The van der Waals surface area contributed by atoms with Crippen LogP contribution in [0, 0.1) is 0 Å². The van der Waals surface area contributed by atoms with E-state index < -0.39 is 0 Å². The lowest BCUT2D eigenvalue weighted by atomic mass is 10.0. The van der Waals surface area contributed by atoms with E-state index in [2.05, 4.69) is 9.97 Å². The van der Waals surface area contributed by atoms with Crippen molar-refractivity contribution in [3.63, 3.8) is 0 Å². The third-order valence-corrected chi connectivity index (χ3v) is 4.33. The van der Waals surface area contributed by atoms with E-state index >= 15 is 0 Å². The summed E-state index contributed by atoms with van der Waals surface area (Å²) in [5.41, 5.74) is 3.80. The first-order valence-electron chi connectivity index (χ1n) is 8.63. The lowest BCUT2D eigenvalue weighted by Gasteiger charge is -2.14. The molecule has 0 radical (unpaired) electrons. The molecular formula is C22H18N4O. The molecule has 0 aliphatic heterocycles. The highest BCUT2D eigenvalue weighted by molar-refractivity contribution is 6.07. The van der Waals surface area contributed by atoms with Gasteiger partial charge >= 0.3 is 0 Å². The number of aromatic nitrogens is 3.